The third-order valence-electron chi connectivity index (χ3n) is 7.49. The Morgan fingerprint density at radius 1 is 0.882 bits per heavy atom. The predicted molar refractivity (Wildman–Crippen MR) is 142 cm³/mol. The first-order valence-electron chi connectivity index (χ1n) is 13.5. The average molecular weight is 452 g/mol. The van der Waals surface area contributed by atoms with E-state index in [1.54, 1.807) is 0 Å². The summed E-state index contributed by atoms with van der Waals surface area (Å²) in [7, 11) is 0. The van der Waals surface area contributed by atoms with Gasteiger partial charge in [-0.3, -0.25) is 4.98 Å². The van der Waals surface area contributed by atoms with Crippen LogP contribution in [0.1, 0.15) is 60.0 Å². The molecule has 3 heterocycles. The highest BCUT2D eigenvalue weighted by Crippen LogP contribution is 2.39. The largest absolute Gasteiger partial charge is 0.437 e. The Bertz CT molecular complexity index is 1610. The Hall–Kier alpha value is -3.46. The third kappa shape index (κ3) is 3.51. The van der Waals surface area contributed by atoms with E-state index in [4.69, 9.17) is 13.5 Å². The lowest BCUT2D eigenvalue weighted by atomic mass is 9.76. The number of rotatable bonds is 5. The molecule has 172 valence electrons. The number of aryl methyl sites for hydroxylation is 3. The van der Waals surface area contributed by atoms with Crippen LogP contribution in [0, 0.1) is 20.7 Å². The van der Waals surface area contributed by atoms with Gasteiger partial charge in [-0.15, -0.1) is 0 Å². The first-order chi connectivity index (χ1) is 17.6. The van der Waals surface area contributed by atoms with Crippen LogP contribution in [-0.2, 0) is 5.41 Å². The van der Waals surface area contributed by atoms with Crippen molar-refractivity contribution >= 4 is 22.1 Å². The van der Waals surface area contributed by atoms with E-state index in [1.165, 1.54) is 17.3 Å². The lowest BCUT2D eigenvalue weighted by Gasteiger charge is -2.29. The topological polar surface area (TPSA) is 38.9 Å². The standard InChI is InChI=1S/C31H32N2O/c1-7-31(6,8-2)25-17-27(32-18-21(25)5)24-14-10-13-22-23-15-16-26(33-30(23)34-29(22)24)28-19(3)11-9-12-20(28)4/h9-18H,7-8H2,1-6H3/i5D3. The zero-order valence-electron chi connectivity index (χ0n) is 23.5. The highest BCUT2D eigenvalue weighted by Gasteiger charge is 2.25. The second kappa shape index (κ2) is 8.39. The predicted octanol–water partition coefficient (Wildman–Crippen LogP) is 8.71. The van der Waals surface area contributed by atoms with Crippen molar-refractivity contribution in [2.75, 3.05) is 0 Å². The number of nitrogens with zero attached hydrogens (tertiary/aromatic N) is 2. The number of hydrogen-bond acceptors (Lipinski definition) is 3. The van der Waals surface area contributed by atoms with Crippen LogP contribution < -0.4 is 0 Å². The van der Waals surface area contributed by atoms with Gasteiger partial charge in [-0.2, -0.15) is 0 Å². The van der Waals surface area contributed by atoms with Gasteiger partial charge >= 0.3 is 0 Å². The summed E-state index contributed by atoms with van der Waals surface area (Å²) in [4.78, 5) is 9.53. The fourth-order valence-corrected chi connectivity index (χ4v) is 4.97. The van der Waals surface area contributed by atoms with Gasteiger partial charge in [0.05, 0.1) is 11.4 Å². The molecule has 5 rings (SSSR count). The molecular weight excluding hydrogens is 416 g/mol. The molecule has 2 aromatic carbocycles. The van der Waals surface area contributed by atoms with Crippen LogP contribution in [0.3, 0.4) is 0 Å². The number of hydrogen-bond donors (Lipinski definition) is 0. The normalized spacial score (nSPS) is 13.7. The molecule has 3 heteroatoms. The fourth-order valence-electron chi connectivity index (χ4n) is 4.97. The van der Waals surface area contributed by atoms with Gasteiger partial charge in [0.1, 0.15) is 5.58 Å². The highest BCUT2D eigenvalue weighted by molar-refractivity contribution is 6.08. The zero-order valence-corrected chi connectivity index (χ0v) is 20.5. The summed E-state index contributed by atoms with van der Waals surface area (Å²) in [5.41, 5.74) is 8.04. The van der Waals surface area contributed by atoms with Crippen molar-refractivity contribution in [3.05, 3.63) is 83.0 Å². The van der Waals surface area contributed by atoms with E-state index in [2.05, 4.69) is 69.9 Å². The van der Waals surface area contributed by atoms with Gasteiger partial charge < -0.3 is 4.42 Å². The van der Waals surface area contributed by atoms with Crippen molar-refractivity contribution in [1.82, 2.24) is 9.97 Å². The van der Waals surface area contributed by atoms with Gasteiger partial charge in [-0.25, -0.2) is 4.98 Å². The maximum absolute atomic E-state index is 8.11. The number of benzene rings is 2. The summed E-state index contributed by atoms with van der Waals surface area (Å²) < 4.78 is 30.7. The second-order valence-corrected chi connectivity index (χ2v) is 9.48. The summed E-state index contributed by atoms with van der Waals surface area (Å²) in [5, 5.41) is 1.91. The van der Waals surface area contributed by atoms with Crippen LogP contribution in [0.15, 0.2) is 65.2 Å². The number of fused-ring (bicyclic) bond motifs is 3. The van der Waals surface area contributed by atoms with Crippen molar-refractivity contribution in [2.45, 2.75) is 59.7 Å². The summed E-state index contributed by atoms with van der Waals surface area (Å²) in [6.07, 6.45) is 3.19. The van der Waals surface area contributed by atoms with Crippen LogP contribution in [0.2, 0.25) is 0 Å². The van der Waals surface area contributed by atoms with Gasteiger partial charge in [0.2, 0.25) is 5.71 Å². The average Bonchev–Trinajstić information content (AvgIpc) is 3.25. The Morgan fingerprint density at radius 3 is 2.32 bits per heavy atom. The van der Waals surface area contributed by atoms with Crippen molar-refractivity contribution in [1.29, 1.82) is 0 Å². The summed E-state index contributed by atoms with van der Waals surface area (Å²) in [6.45, 7) is 8.29. The van der Waals surface area contributed by atoms with E-state index >= 15 is 0 Å². The fraction of sp³-hybridized carbons (Fsp3) is 0.290. The number of furan rings is 1. The lowest BCUT2D eigenvalue weighted by molar-refractivity contribution is 0.436. The molecule has 0 spiro atoms. The Labute approximate surface area is 206 Å². The van der Waals surface area contributed by atoms with Gasteiger partial charge in [0.15, 0.2) is 0 Å². The maximum atomic E-state index is 8.11. The van der Waals surface area contributed by atoms with E-state index in [0.29, 0.717) is 22.6 Å². The van der Waals surface area contributed by atoms with Gasteiger partial charge in [0.25, 0.3) is 0 Å². The lowest BCUT2D eigenvalue weighted by Crippen LogP contribution is -2.21. The van der Waals surface area contributed by atoms with Gasteiger partial charge in [-0.1, -0.05) is 51.1 Å². The minimum absolute atomic E-state index is 0.273. The molecule has 5 aromatic rings. The van der Waals surface area contributed by atoms with Crippen molar-refractivity contribution in [3.8, 4) is 22.5 Å². The number of para-hydroxylation sites is 1. The first kappa shape index (κ1) is 18.9. The second-order valence-electron chi connectivity index (χ2n) is 9.48. The van der Waals surface area contributed by atoms with Crippen LogP contribution in [0.4, 0.5) is 0 Å². The molecule has 0 unspecified atom stereocenters. The van der Waals surface area contributed by atoms with Crippen LogP contribution in [0.25, 0.3) is 44.6 Å². The van der Waals surface area contributed by atoms with E-state index in [1.807, 2.05) is 24.3 Å². The molecule has 0 aliphatic rings. The van der Waals surface area contributed by atoms with E-state index in [9.17, 15) is 0 Å². The van der Waals surface area contributed by atoms with Gasteiger partial charge in [0, 0.05) is 32.2 Å². The molecular formula is C31H32N2O. The molecule has 0 fully saturated rings. The highest BCUT2D eigenvalue weighted by atomic mass is 16.3. The molecule has 0 bridgehead atoms. The quantitative estimate of drug-likeness (QED) is 0.268. The Balaban J connectivity index is 1.72. The Morgan fingerprint density at radius 2 is 1.62 bits per heavy atom. The maximum Gasteiger partial charge on any atom is 0.227 e. The number of aromatic nitrogens is 2. The molecule has 0 saturated heterocycles. The first-order valence-corrected chi connectivity index (χ1v) is 12.0. The smallest absolute Gasteiger partial charge is 0.227 e. The molecule has 0 amide bonds. The molecule has 0 saturated carbocycles. The molecule has 0 atom stereocenters. The molecule has 0 aliphatic carbocycles. The molecule has 0 aliphatic heterocycles. The summed E-state index contributed by atoms with van der Waals surface area (Å²) in [6, 6.07) is 18.3. The third-order valence-corrected chi connectivity index (χ3v) is 7.49. The molecule has 3 nitrogen and oxygen atoms in total. The van der Waals surface area contributed by atoms with Crippen molar-refractivity contribution < 1.29 is 8.53 Å². The van der Waals surface area contributed by atoms with Crippen molar-refractivity contribution in [3.63, 3.8) is 0 Å². The molecule has 34 heavy (non-hydrogen) atoms. The summed E-state index contributed by atoms with van der Waals surface area (Å²) in [5.74, 6) is 0. The van der Waals surface area contributed by atoms with Crippen LogP contribution >= 0.6 is 0 Å². The van der Waals surface area contributed by atoms with Crippen LogP contribution in [-0.4, -0.2) is 9.97 Å². The monoisotopic (exact) mass is 451 g/mol. The van der Waals surface area contributed by atoms with Crippen molar-refractivity contribution in [2.24, 2.45) is 0 Å². The van der Waals surface area contributed by atoms with E-state index < -0.39 is 6.85 Å². The van der Waals surface area contributed by atoms with Gasteiger partial charge in [-0.05, 0) is 85.5 Å². The minimum Gasteiger partial charge on any atom is -0.437 e. The molecule has 3 aromatic heterocycles. The van der Waals surface area contributed by atoms with E-state index in [0.717, 1.165) is 46.0 Å². The van der Waals surface area contributed by atoms with Crippen LogP contribution in [0.5, 0.6) is 0 Å². The van der Waals surface area contributed by atoms with E-state index in [-0.39, 0.29) is 5.41 Å². The minimum atomic E-state index is -2.23. The summed E-state index contributed by atoms with van der Waals surface area (Å²) >= 11 is 0. The SMILES string of the molecule is [2H]C([2H])([2H])c1cnc(-c2cccc3c2oc2nc(-c4c(C)cccc4C)ccc23)cc1C(C)(CC)CC. The molecule has 0 radical (unpaired) electrons. The Kier molecular flexibility index (Phi) is 4.67. The molecule has 0 N–H and O–H groups in total. The number of pyridine rings is 2. The zero-order chi connectivity index (χ0) is 26.5.